The van der Waals surface area contributed by atoms with E-state index in [1.165, 1.54) is 22.7 Å². The zero-order chi connectivity index (χ0) is 17.6. The molecular weight excluding hydrogens is 341 g/mol. The molecule has 0 unspecified atom stereocenters. The van der Waals surface area contributed by atoms with E-state index in [4.69, 9.17) is 11.6 Å². The molecule has 0 fully saturated rings. The lowest BCUT2D eigenvalue weighted by Crippen LogP contribution is -2.14. The third kappa shape index (κ3) is 2.72. The molecular formula is C19H13ClFN3O. The van der Waals surface area contributed by atoms with Crippen LogP contribution in [0.2, 0.25) is 5.02 Å². The van der Waals surface area contributed by atoms with E-state index >= 15 is 0 Å². The summed E-state index contributed by atoms with van der Waals surface area (Å²) in [5.41, 5.74) is 3.99. The monoisotopic (exact) mass is 353 g/mol. The number of aryl methyl sites for hydroxylation is 1. The summed E-state index contributed by atoms with van der Waals surface area (Å²) in [7, 11) is 0. The predicted octanol–water partition coefficient (Wildman–Crippen LogP) is 4.46. The molecule has 124 valence electrons. The van der Waals surface area contributed by atoms with Crippen molar-refractivity contribution in [2.45, 2.75) is 6.92 Å². The quantitative estimate of drug-likeness (QED) is 0.578. The van der Waals surface area contributed by atoms with Gasteiger partial charge in [0.25, 0.3) is 5.56 Å². The summed E-state index contributed by atoms with van der Waals surface area (Å²) in [5.74, 6) is -0.312. The molecule has 0 atom stereocenters. The van der Waals surface area contributed by atoms with Gasteiger partial charge < -0.3 is 0 Å². The molecule has 2 aromatic carbocycles. The lowest BCUT2D eigenvalue weighted by Gasteiger charge is -2.04. The van der Waals surface area contributed by atoms with Gasteiger partial charge in [-0.2, -0.15) is 0 Å². The smallest absolute Gasteiger partial charge is 0.273 e. The lowest BCUT2D eigenvalue weighted by molar-refractivity contribution is 0.628. The first-order valence-corrected chi connectivity index (χ1v) is 8.05. The van der Waals surface area contributed by atoms with Crippen LogP contribution in [0, 0.1) is 12.7 Å². The Kier molecular flexibility index (Phi) is 3.66. The Hall–Kier alpha value is -2.92. The number of rotatable bonds is 2. The minimum atomic E-state index is -0.312. The van der Waals surface area contributed by atoms with Crippen LogP contribution in [0.5, 0.6) is 0 Å². The zero-order valence-corrected chi connectivity index (χ0v) is 14.0. The molecule has 4 rings (SSSR count). The number of H-pyrrole nitrogens is 1. The molecule has 0 amide bonds. The largest absolute Gasteiger partial charge is 0.293 e. The summed E-state index contributed by atoms with van der Waals surface area (Å²) >= 11 is 5.92. The van der Waals surface area contributed by atoms with Crippen LogP contribution in [0.3, 0.4) is 0 Å². The molecule has 0 saturated carbocycles. The SMILES string of the molecule is Cc1[nH]n2c(=O)cc(-c3ccc(Cl)cc3)nc2c1-c1ccc(F)cc1. The fourth-order valence-electron chi connectivity index (χ4n) is 2.88. The average Bonchev–Trinajstić information content (AvgIpc) is 2.93. The molecule has 1 N–H and O–H groups in total. The maximum Gasteiger partial charge on any atom is 0.273 e. The first-order chi connectivity index (χ1) is 12.0. The van der Waals surface area contributed by atoms with E-state index < -0.39 is 0 Å². The van der Waals surface area contributed by atoms with Crippen molar-refractivity contribution in [2.24, 2.45) is 0 Å². The van der Waals surface area contributed by atoms with Gasteiger partial charge in [-0.25, -0.2) is 13.9 Å². The van der Waals surface area contributed by atoms with Crippen molar-refractivity contribution in [3.8, 4) is 22.4 Å². The second-order valence-corrected chi connectivity index (χ2v) is 6.20. The van der Waals surface area contributed by atoms with Crippen molar-refractivity contribution in [1.82, 2.24) is 14.6 Å². The second-order valence-electron chi connectivity index (χ2n) is 5.76. The molecule has 0 radical (unpaired) electrons. The van der Waals surface area contributed by atoms with Crippen LogP contribution in [0.1, 0.15) is 5.69 Å². The van der Waals surface area contributed by atoms with Gasteiger partial charge in [0.2, 0.25) is 0 Å². The van der Waals surface area contributed by atoms with Gasteiger partial charge >= 0.3 is 0 Å². The first kappa shape index (κ1) is 15.6. The van der Waals surface area contributed by atoms with Gasteiger partial charge in [0.15, 0.2) is 5.65 Å². The zero-order valence-electron chi connectivity index (χ0n) is 13.3. The summed E-state index contributed by atoms with van der Waals surface area (Å²) in [6.45, 7) is 1.86. The molecule has 2 heterocycles. The number of aromatic amines is 1. The normalized spacial score (nSPS) is 11.2. The number of nitrogens with one attached hydrogen (secondary N) is 1. The van der Waals surface area contributed by atoms with Gasteiger partial charge in [-0.1, -0.05) is 35.9 Å². The molecule has 4 nitrogen and oxygen atoms in total. The standard InChI is InChI=1S/C19H13ClFN3O/c1-11-18(13-4-8-15(21)9-5-13)19-22-16(10-17(25)24(19)23-11)12-2-6-14(20)7-3-12/h2-10,23H,1H3. The molecule has 25 heavy (non-hydrogen) atoms. The number of benzene rings is 2. The third-order valence-electron chi connectivity index (χ3n) is 4.07. The first-order valence-electron chi connectivity index (χ1n) is 7.67. The molecule has 0 bridgehead atoms. The van der Waals surface area contributed by atoms with Crippen LogP contribution in [0.15, 0.2) is 59.4 Å². The molecule has 0 aliphatic heterocycles. The van der Waals surface area contributed by atoms with Gasteiger partial charge in [0.05, 0.1) is 5.69 Å². The highest BCUT2D eigenvalue weighted by Gasteiger charge is 2.15. The molecule has 0 saturated heterocycles. The summed E-state index contributed by atoms with van der Waals surface area (Å²) < 4.78 is 14.6. The molecule has 0 aliphatic rings. The van der Waals surface area contributed by atoms with E-state index in [9.17, 15) is 9.18 Å². The lowest BCUT2D eigenvalue weighted by atomic mass is 10.1. The molecule has 2 aromatic heterocycles. The van der Waals surface area contributed by atoms with Crippen LogP contribution in [-0.4, -0.2) is 14.6 Å². The second kappa shape index (κ2) is 5.86. The minimum absolute atomic E-state index is 0.216. The van der Waals surface area contributed by atoms with E-state index in [2.05, 4.69) is 10.1 Å². The minimum Gasteiger partial charge on any atom is -0.293 e. The van der Waals surface area contributed by atoms with Crippen LogP contribution in [0.4, 0.5) is 4.39 Å². The Labute approximate surface area is 147 Å². The van der Waals surface area contributed by atoms with E-state index in [-0.39, 0.29) is 11.4 Å². The van der Waals surface area contributed by atoms with Crippen molar-refractivity contribution in [1.29, 1.82) is 0 Å². The van der Waals surface area contributed by atoms with E-state index in [0.717, 1.165) is 22.4 Å². The van der Waals surface area contributed by atoms with Crippen molar-refractivity contribution < 1.29 is 4.39 Å². The van der Waals surface area contributed by atoms with Gasteiger partial charge in [-0.05, 0) is 36.8 Å². The fourth-order valence-corrected chi connectivity index (χ4v) is 3.01. The van der Waals surface area contributed by atoms with Crippen LogP contribution >= 0.6 is 11.6 Å². The maximum atomic E-state index is 13.2. The Balaban J connectivity index is 1.98. The summed E-state index contributed by atoms with van der Waals surface area (Å²) in [4.78, 5) is 17.1. The predicted molar refractivity (Wildman–Crippen MR) is 96.4 cm³/mol. The molecule has 4 aromatic rings. The highest BCUT2D eigenvalue weighted by molar-refractivity contribution is 6.30. The number of hydrogen-bond donors (Lipinski definition) is 1. The Morgan fingerprint density at radius 1 is 1.04 bits per heavy atom. The number of halogens is 2. The molecule has 0 aliphatic carbocycles. The van der Waals surface area contributed by atoms with Crippen molar-refractivity contribution in [2.75, 3.05) is 0 Å². The van der Waals surface area contributed by atoms with E-state index in [1.807, 2.05) is 19.1 Å². The van der Waals surface area contributed by atoms with Crippen LogP contribution in [-0.2, 0) is 0 Å². The summed E-state index contributed by atoms with van der Waals surface area (Å²) in [6, 6.07) is 14.7. The highest BCUT2D eigenvalue weighted by atomic mass is 35.5. The van der Waals surface area contributed by atoms with E-state index in [1.54, 1.807) is 24.3 Å². The van der Waals surface area contributed by atoms with Crippen molar-refractivity contribution in [3.05, 3.63) is 81.5 Å². The molecule has 6 heteroatoms. The van der Waals surface area contributed by atoms with Gasteiger partial charge in [0.1, 0.15) is 5.82 Å². The summed E-state index contributed by atoms with van der Waals surface area (Å²) in [5, 5.41) is 3.64. The topological polar surface area (TPSA) is 50.2 Å². The van der Waals surface area contributed by atoms with Gasteiger partial charge in [0, 0.05) is 27.9 Å². The third-order valence-corrected chi connectivity index (χ3v) is 4.32. The average molecular weight is 354 g/mol. The van der Waals surface area contributed by atoms with Crippen LogP contribution < -0.4 is 5.56 Å². The Bertz CT molecular complexity index is 1130. The fraction of sp³-hybridized carbons (Fsp3) is 0.0526. The number of aromatic nitrogens is 3. The Morgan fingerprint density at radius 2 is 1.68 bits per heavy atom. The van der Waals surface area contributed by atoms with E-state index in [0.29, 0.717) is 16.4 Å². The highest BCUT2D eigenvalue weighted by Crippen LogP contribution is 2.28. The van der Waals surface area contributed by atoms with Crippen LogP contribution in [0.25, 0.3) is 28.0 Å². The maximum absolute atomic E-state index is 13.2. The van der Waals surface area contributed by atoms with Crippen molar-refractivity contribution >= 4 is 17.2 Å². The van der Waals surface area contributed by atoms with Gasteiger partial charge in [-0.3, -0.25) is 9.89 Å². The summed E-state index contributed by atoms with van der Waals surface area (Å²) in [6.07, 6.45) is 0. The number of hydrogen-bond acceptors (Lipinski definition) is 2. The number of nitrogens with zero attached hydrogens (tertiary/aromatic N) is 2. The number of fused-ring (bicyclic) bond motifs is 1. The van der Waals surface area contributed by atoms with Gasteiger partial charge in [-0.15, -0.1) is 0 Å². The molecule has 0 spiro atoms. The Morgan fingerprint density at radius 3 is 2.36 bits per heavy atom. The van der Waals surface area contributed by atoms with Crippen molar-refractivity contribution in [3.63, 3.8) is 0 Å².